The maximum atomic E-state index is 13.0. The Morgan fingerprint density at radius 2 is 2.00 bits per heavy atom. The summed E-state index contributed by atoms with van der Waals surface area (Å²) in [4.78, 5) is 5.51. The van der Waals surface area contributed by atoms with Crippen molar-refractivity contribution in [2.75, 3.05) is 11.9 Å². The summed E-state index contributed by atoms with van der Waals surface area (Å²) in [6, 6.07) is 13.7. The van der Waals surface area contributed by atoms with E-state index in [9.17, 15) is 4.39 Å². The van der Waals surface area contributed by atoms with Crippen LogP contribution in [0.15, 0.2) is 42.5 Å². The second-order valence-corrected chi connectivity index (χ2v) is 3.54. The third-order valence-corrected chi connectivity index (χ3v) is 2.41. The van der Waals surface area contributed by atoms with E-state index in [1.807, 2.05) is 6.07 Å². The number of nitrogens with zero attached hydrogens (tertiary/aromatic N) is 3. The van der Waals surface area contributed by atoms with Gasteiger partial charge in [-0.05, 0) is 30.3 Å². The molecule has 2 aromatic rings. The van der Waals surface area contributed by atoms with Crippen LogP contribution in [0.25, 0.3) is 0 Å². The first kappa shape index (κ1) is 11.1. The van der Waals surface area contributed by atoms with Gasteiger partial charge in [-0.3, -0.25) is 0 Å². The molecule has 0 radical (unpaired) electrons. The lowest BCUT2D eigenvalue weighted by atomic mass is 10.2. The van der Waals surface area contributed by atoms with Crippen molar-refractivity contribution >= 4 is 11.5 Å². The van der Waals surface area contributed by atoms with Crippen molar-refractivity contribution in [1.82, 2.24) is 4.98 Å². The molecule has 0 fully saturated rings. The average Bonchev–Trinajstić information content (AvgIpc) is 2.38. The molecular formula is C13H10FN3. The molecule has 2 rings (SSSR count). The van der Waals surface area contributed by atoms with Crippen molar-refractivity contribution in [1.29, 1.82) is 5.26 Å². The fourth-order valence-electron chi connectivity index (χ4n) is 1.50. The van der Waals surface area contributed by atoms with Gasteiger partial charge in [-0.25, -0.2) is 4.98 Å². The maximum absolute atomic E-state index is 13.0. The predicted molar refractivity (Wildman–Crippen MR) is 63.4 cm³/mol. The monoisotopic (exact) mass is 227 g/mol. The van der Waals surface area contributed by atoms with Gasteiger partial charge in [-0.2, -0.15) is 9.65 Å². The highest BCUT2D eigenvalue weighted by atomic mass is 19.1. The van der Waals surface area contributed by atoms with Gasteiger partial charge >= 0.3 is 0 Å². The number of aromatic nitrogens is 1. The standard InChI is InChI=1S/C13H10FN3/c1-17(13-7-3-6-12(14)16-13)11-5-2-4-10(8-11)9-15/h2-8H,1H3. The van der Waals surface area contributed by atoms with Crippen molar-refractivity contribution < 1.29 is 4.39 Å². The molecule has 17 heavy (non-hydrogen) atoms. The fourth-order valence-corrected chi connectivity index (χ4v) is 1.50. The zero-order chi connectivity index (χ0) is 12.3. The lowest BCUT2D eigenvalue weighted by molar-refractivity contribution is 0.584. The Morgan fingerprint density at radius 3 is 2.71 bits per heavy atom. The predicted octanol–water partition coefficient (Wildman–Crippen LogP) is 2.86. The summed E-state index contributed by atoms with van der Waals surface area (Å²) in [5, 5.41) is 8.81. The Hall–Kier alpha value is -2.41. The van der Waals surface area contributed by atoms with Crippen LogP contribution in [0.3, 0.4) is 0 Å². The van der Waals surface area contributed by atoms with Crippen molar-refractivity contribution in [2.24, 2.45) is 0 Å². The minimum Gasteiger partial charge on any atom is -0.329 e. The van der Waals surface area contributed by atoms with Crippen LogP contribution in [-0.2, 0) is 0 Å². The first-order chi connectivity index (χ1) is 8.20. The van der Waals surface area contributed by atoms with Gasteiger partial charge in [0.2, 0.25) is 5.95 Å². The SMILES string of the molecule is CN(c1cccc(C#N)c1)c1cccc(F)n1. The molecule has 84 valence electrons. The molecule has 0 aliphatic carbocycles. The Bertz CT molecular complexity index is 575. The summed E-state index contributed by atoms with van der Waals surface area (Å²) < 4.78 is 13.0. The molecule has 0 amide bonds. The van der Waals surface area contributed by atoms with Crippen LogP contribution in [0.1, 0.15) is 5.56 Å². The molecule has 0 N–H and O–H groups in total. The van der Waals surface area contributed by atoms with E-state index in [0.717, 1.165) is 5.69 Å². The van der Waals surface area contributed by atoms with Gasteiger partial charge in [-0.1, -0.05) is 12.1 Å². The molecule has 1 heterocycles. The van der Waals surface area contributed by atoms with E-state index in [0.29, 0.717) is 11.4 Å². The van der Waals surface area contributed by atoms with Gasteiger partial charge in [-0.15, -0.1) is 0 Å². The summed E-state index contributed by atoms with van der Waals surface area (Å²) >= 11 is 0. The molecule has 3 nitrogen and oxygen atoms in total. The number of rotatable bonds is 2. The summed E-state index contributed by atoms with van der Waals surface area (Å²) in [7, 11) is 1.78. The summed E-state index contributed by atoms with van der Waals surface area (Å²) in [6.45, 7) is 0. The first-order valence-corrected chi connectivity index (χ1v) is 5.07. The van der Waals surface area contributed by atoms with Crippen molar-refractivity contribution in [3.8, 4) is 6.07 Å². The first-order valence-electron chi connectivity index (χ1n) is 5.07. The number of hydrogen-bond donors (Lipinski definition) is 0. The average molecular weight is 227 g/mol. The highest BCUT2D eigenvalue weighted by Crippen LogP contribution is 2.22. The Labute approximate surface area is 98.8 Å². The van der Waals surface area contributed by atoms with Gasteiger partial charge in [0, 0.05) is 12.7 Å². The molecule has 0 unspecified atom stereocenters. The van der Waals surface area contributed by atoms with Crippen molar-refractivity contribution in [2.45, 2.75) is 0 Å². The molecule has 0 aliphatic heterocycles. The quantitative estimate of drug-likeness (QED) is 0.740. The van der Waals surface area contributed by atoms with Crippen LogP contribution in [0.4, 0.5) is 15.9 Å². The Balaban J connectivity index is 2.37. The molecule has 0 saturated carbocycles. The largest absolute Gasteiger partial charge is 0.329 e. The van der Waals surface area contributed by atoms with E-state index in [4.69, 9.17) is 5.26 Å². The van der Waals surface area contributed by atoms with Crippen LogP contribution in [0, 0.1) is 17.3 Å². The number of halogens is 1. The highest BCUT2D eigenvalue weighted by molar-refractivity contribution is 5.60. The molecule has 1 aromatic heterocycles. The van der Waals surface area contributed by atoms with Gasteiger partial charge in [0.15, 0.2) is 0 Å². The zero-order valence-electron chi connectivity index (χ0n) is 9.26. The van der Waals surface area contributed by atoms with E-state index in [1.54, 1.807) is 42.3 Å². The van der Waals surface area contributed by atoms with E-state index in [-0.39, 0.29) is 0 Å². The lowest BCUT2D eigenvalue weighted by Gasteiger charge is -2.18. The van der Waals surface area contributed by atoms with Crippen LogP contribution in [0.2, 0.25) is 0 Å². The summed E-state index contributed by atoms with van der Waals surface area (Å²) in [5.41, 5.74) is 1.35. The van der Waals surface area contributed by atoms with E-state index in [2.05, 4.69) is 11.1 Å². The Morgan fingerprint density at radius 1 is 1.24 bits per heavy atom. The van der Waals surface area contributed by atoms with Gasteiger partial charge in [0.1, 0.15) is 5.82 Å². The molecule has 1 aromatic carbocycles. The van der Waals surface area contributed by atoms with Gasteiger partial charge < -0.3 is 4.90 Å². The number of pyridine rings is 1. The number of nitriles is 1. The highest BCUT2D eigenvalue weighted by Gasteiger charge is 2.06. The third-order valence-electron chi connectivity index (χ3n) is 2.41. The van der Waals surface area contributed by atoms with Crippen LogP contribution >= 0.6 is 0 Å². The number of anilines is 2. The Kier molecular flexibility index (Phi) is 3.01. The van der Waals surface area contributed by atoms with E-state index < -0.39 is 5.95 Å². The fraction of sp³-hybridized carbons (Fsp3) is 0.0769. The normalized spacial score (nSPS) is 9.71. The minimum atomic E-state index is -0.522. The zero-order valence-corrected chi connectivity index (χ0v) is 9.26. The van der Waals surface area contributed by atoms with E-state index in [1.165, 1.54) is 6.07 Å². The number of benzene rings is 1. The molecule has 0 aliphatic rings. The molecule has 0 spiro atoms. The minimum absolute atomic E-state index is 0.500. The third kappa shape index (κ3) is 2.40. The number of hydrogen-bond acceptors (Lipinski definition) is 3. The topological polar surface area (TPSA) is 39.9 Å². The summed E-state index contributed by atoms with van der Waals surface area (Å²) in [6.07, 6.45) is 0. The van der Waals surface area contributed by atoms with Gasteiger partial charge in [0.05, 0.1) is 11.6 Å². The maximum Gasteiger partial charge on any atom is 0.214 e. The van der Waals surface area contributed by atoms with Crippen LogP contribution < -0.4 is 4.90 Å². The molecule has 4 heteroatoms. The molecule has 0 saturated heterocycles. The second kappa shape index (κ2) is 4.62. The van der Waals surface area contributed by atoms with Gasteiger partial charge in [0.25, 0.3) is 0 Å². The van der Waals surface area contributed by atoms with Crippen LogP contribution in [-0.4, -0.2) is 12.0 Å². The van der Waals surface area contributed by atoms with E-state index >= 15 is 0 Å². The summed E-state index contributed by atoms with van der Waals surface area (Å²) in [5.74, 6) is -0.0223. The van der Waals surface area contributed by atoms with Crippen molar-refractivity contribution in [3.05, 3.63) is 54.0 Å². The molecule has 0 atom stereocenters. The molecule has 0 bridgehead atoms. The van der Waals surface area contributed by atoms with Crippen molar-refractivity contribution in [3.63, 3.8) is 0 Å². The van der Waals surface area contributed by atoms with Crippen LogP contribution in [0.5, 0.6) is 0 Å². The lowest BCUT2D eigenvalue weighted by Crippen LogP contribution is -2.11. The second-order valence-electron chi connectivity index (χ2n) is 3.54. The smallest absolute Gasteiger partial charge is 0.214 e. The molecular weight excluding hydrogens is 217 g/mol.